The number of amides is 2. The van der Waals surface area contributed by atoms with E-state index in [1.54, 1.807) is 12.1 Å². The molecule has 0 saturated carbocycles. The predicted octanol–water partition coefficient (Wildman–Crippen LogP) is 2.61. The second-order valence-corrected chi connectivity index (χ2v) is 6.89. The van der Waals surface area contributed by atoms with Crippen LogP contribution in [0.1, 0.15) is 31.2 Å². The lowest BCUT2D eigenvalue weighted by Gasteiger charge is -2.36. The maximum Gasteiger partial charge on any atom is 0.317 e. The van der Waals surface area contributed by atoms with Crippen molar-refractivity contribution in [3.63, 3.8) is 0 Å². The molecule has 0 radical (unpaired) electrons. The highest BCUT2D eigenvalue weighted by Crippen LogP contribution is 2.18. The summed E-state index contributed by atoms with van der Waals surface area (Å²) in [4.78, 5) is 17.1. The third-order valence-electron chi connectivity index (χ3n) is 5.07. The average Bonchev–Trinajstić information content (AvgIpc) is 2.87. The number of hydrogen-bond acceptors (Lipinski definition) is 3. The summed E-state index contributed by atoms with van der Waals surface area (Å²) in [7, 11) is 0. The van der Waals surface area contributed by atoms with Gasteiger partial charge in [0.15, 0.2) is 0 Å². The van der Waals surface area contributed by atoms with Crippen LogP contribution in [0.5, 0.6) is 0 Å². The van der Waals surface area contributed by atoms with Gasteiger partial charge in [-0.2, -0.15) is 0 Å². The van der Waals surface area contributed by atoms with Crippen molar-refractivity contribution >= 4 is 6.03 Å². The highest BCUT2D eigenvalue weighted by atomic mass is 19.1. The molecule has 0 aliphatic carbocycles. The molecule has 1 N–H and O–H groups in total. The zero-order chi connectivity index (χ0) is 17.5. The molecule has 2 aliphatic rings. The van der Waals surface area contributed by atoms with E-state index in [9.17, 15) is 9.18 Å². The minimum Gasteiger partial charge on any atom is -0.379 e. The summed E-state index contributed by atoms with van der Waals surface area (Å²) >= 11 is 0. The van der Waals surface area contributed by atoms with Crippen molar-refractivity contribution in [1.82, 2.24) is 15.1 Å². The van der Waals surface area contributed by atoms with Crippen molar-refractivity contribution in [3.8, 4) is 0 Å². The van der Waals surface area contributed by atoms with Gasteiger partial charge in [-0.1, -0.05) is 25.0 Å². The molecule has 1 atom stereocenters. The van der Waals surface area contributed by atoms with E-state index >= 15 is 0 Å². The summed E-state index contributed by atoms with van der Waals surface area (Å²) in [5.41, 5.74) is 0.911. The molecular weight excluding hydrogens is 321 g/mol. The fraction of sp³-hybridized carbons (Fsp3) is 0.632. The number of morpholine rings is 1. The first-order chi connectivity index (χ1) is 12.2. The summed E-state index contributed by atoms with van der Waals surface area (Å²) in [5, 5.41) is 3.00. The molecule has 5 nitrogen and oxygen atoms in total. The first-order valence-electron chi connectivity index (χ1n) is 9.31. The van der Waals surface area contributed by atoms with Crippen molar-refractivity contribution in [2.45, 2.75) is 38.3 Å². The number of ether oxygens (including phenoxy) is 1. The molecule has 1 unspecified atom stereocenters. The van der Waals surface area contributed by atoms with Crippen LogP contribution in [0.15, 0.2) is 24.3 Å². The van der Waals surface area contributed by atoms with Gasteiger partial charge in [-0.3, -0.25) is 4.90 Å². The van der Waals surface area contributed by atoms with Crippen LogP contribution in [0, 0.1) is 5.82 Å². The first kappa shape index (κ1) is 18.1. The minimum absolute atomic E-state index is 0.00974. The zero-order valence-electron chi connectivity index (χ0n) is 14.8. The van der Waals surface area contributed by atoms with Crippen molar-refractivity contribution in [3.05, 3.63) is 35.6 Å². The highest BCUT2D eigenvalue weighted by molar-refractivity contribution is 5.74. The largest absolute Gasteiger partial charge is 0.379 e. The molecule has 2 amide bonds. The Hall–Kier alpha value is -1.66. The van der Waals surface area contributed by atoms with Gasteiger partial charge in [0.05, 0.1) is 13.2 Å². The van der Waals surface area contributed by atoms with Crippen LogP contribution in [-0.2, 0) is 11.3 Å². The number of carbonyl (C=O) groups is 1. The van der Waals surface area contributed by atoms with Gasteiger partial charge in [0, 0.05) is 38.8 Å². The molecule has 138 valence electrons. The third kappa shape index (κ3) is 5.41. The summed E-state index contributed by atoms with van der Waals surface area (Å²) < 4.78 is 18.4. The van der Waals surface area contributed by atoms with Crippen molar-refractivity contribution < 1.29 is 13.9 Å². The average molecular weight is 349 g/mol. The smallest absolute Gasteiger partial charge is 0.317 e. The number of likely N-dealkylation sites (tertiary alicyclic amines) is 1. The molecule has 1 aromatic rings. The van der Waals surface area contributed by atoms with Crippen molar-refractivity contribution in [2.24, 2.45) is 0 Å². The topological polar surface area (TPSA) is 44.8 Å². The molecule has 3 rings (SSSR count). The third-order valence-corrected chi connectivity index (χ3v) is 5.07. The maximum absolute atomic E-state index is 13.0. The molecule has 25 heavy (non-hydrogen) atoms. The second-order valence-electron chi connectivity index (χ2n) is 6.89. The van der Waals surface area contributed by atoms with Gasteiger partial charge in [0.25, 0.3) is 0 Å². The summed E-state index contributed by atoms with van der Waals surface area (Å²) in [6, 6.07) is 6.52. The number of nitrogens with zero attached hydrogens (tertiary/aromatic N) is 2. The van der Waals surface area contributed by atoms with Gasteiger partial charge in [0.2, 0.25) is 0 Å². The highest BCUT2D eigenvalue weighted by Gasteiger charge is 2.27. The van der Waals surface area contributed by atoms with E-state index in [4.69, 9.17) is 4.74 Å². The standard InChI is InChI=1S/C19H28FN3O2/c20-17-7-5-16(6-8-17)14-21-19(24)23-9-3-1-2-4-18(23)15-22-10-12-25-13-11-22/h5-8,18H,1-4,9-15H2,(H,21,24). The van der Waals surface area contributed by atoms with Crippen LogP contribution < -0.4 is 5.32 Å². The van der Waals surface area contributed by atoms with Crippen LogP contribution in [0.4, 0.5) is 9.18 Å². The van der Waals surface area contributed by atoms with Crippen LogP contribution >= 0.6 is 0 Å². The normalized spacial score (nSPS) is 22.4. The van der Waals surface area contributed by atoms with Gasteiger partial charge in [-0.15, -0.1) is 0 Å². The molecule has 2 fully saturated rings. The SMILES string of the molecule is O=C(NCc1ccc(F)cc1)N1CCCCCC1CN1CCOCC1. The predicted molar refractivity (Wildman–Crippen MR) is 94.9 cm³/mol. The van der Waals surface area contributed by atoms with Crippen LogP contribution in [0.25, 0.3) is 0 Å². The molecule has 0 spiro atoms. The monoisotopic (exact) mass is 349 g/mol. The van der Waals surface area contributed by atoms with Crippen molar-refractivity contribution in [2.75, 3.05) is 39.4 Å². The molecule has 2 aliphatic heterocycles. The lowest BCUT2D eigenvalue weighted by molar-refractivity contribution is 0.0260. The van der Waals surface area contributed by atoms with Crippen LogP contribution in [0.2, 0.25) is 0 Å². The van der Waals surface area contributed by atoms with Crippen molar-refractivity contribution in [1.29, 1.82) is 0 Å². The second kappa shape index (κ2) is 9.15. The number of rotatable bonds is 4. The Morgan fingerprint density at radius 3 is 2.64 bits per heavy atom. The first-order valence-corrected chi connectivity index (χ1v) is 9.31. The van der Waals surface area contributed by atoms with Crippen LogP contribution in [-0.4, -0.2) is 61.3 Å². The summed E-state index contributed by atoms with van der Waals surface area (Å²) in [6.07, 6.45) is 4.48. The molecular formula is C19H28FN3O2. The molecule has 1 aromatic carbocycles. The van der Waals surface area contributed by atoms with E-state index in [1.807, 2.05) is 4.90 Å². The number of nitrogens with one attached hydrogen (secondary N) is 1. The van der Waals surface area contributed by atoms with Gasteiger partial charge < -0.3 is 15.0 Å². The van der Waals surface area contributed by atoms with E-state index in [-0.39, 0.29) is 17.9 Å². The Bertz CT molecular complexity index is 546. The molecule has 0 bridgehead atoms. The van der Waals surface area contributed by atoms with E-state index in [2.05, 4.69) is 10.2 Å². The molecule has 2 saturated heterocycles. The van der Waals surface area contributed by atoms with Gasteiger partial charge in [-0.05, 0) is 30.5 Å². The lowest BCUT2D eigenvalue weighted by Crippen LogP contribution is -2.51. The number of carbonyl (C=O) groups excluding carboxylic acids is 1. The summed E-state index contributed by atoms with van der Waals surface area (Å²) in [5.74, 6) is -0.256. The Morgan fingerprint density at radius 2 is 1.88 bits per heavy atom. The number of benzene rings is 1. The number of halogens is 1. The molecule has 0 aromatic heterocycles. The van der Waals surface area contributed by atoms with E-state index < -0.39 is 0 Å². The Kier molecular flexibility index (Phi) is 6.64. The minimum atomic E-state index is -0.256. The van der Waals surface area contributed by atoms with Crippen LogP contribution in [0.3, 0.4) is 0 Å². The summed E-state index contributed by atoms with van der Waals surface area (Å²) in [6.45, 7) is 5.62. The zero-order valence-corrected chi connectivity index (χ0v) is 14.8. The van der Waals surface area contributed by atoms with E-state index in [0.29, 0.717) is 6.54 Å². The number of urea groups is 1. The molecule has 6 heteroatoms. The maximum atomic E-state index is 13.0. The Morgan fingerprint density at radius 1 is 1.12 bits per heavy atom. The van der Waals surface area contributed by atoms with E-state index in [0.717, 1.165) is 57.8 Å². The Labute approximate surface area is 149 Å². The van der Waals surface area contributed by atoms with Gasteiger partial charge in [0.1, 0.15) is 5.82 Å². The van der Waals surface area contributed by atoms with E-state index in [1.165, 1.54) is 25.0 Å². The fourth-order valence-corrected chi connectivity index (χ4v) is 3.60. The number of hydrogen-bond donors (Lipinski definition) is 1. The Balaban J connectivity index is 1.57. The molecule has 2 heterocycles. The fourth-order valence-electron chi connectivity index (χ4n) is 3.60. The van der Waals surface area contributed by atoms with Gasteiger partial charge >= 0.3 is 6.03 Å². The quantitative estimate of drug-likeness (QED) is 0.909. The lowest BCUT2D eigenvalue weighted by atomic mass is 10.1. The van der Waals surface area contributed by atoms with Gasteiger partial charge in [-0.25, -0.2) is 9.18 Å².